The van der Waals surface area contributed by atoms with Crippen molar-refractivity contribution in [3.05, 3.63) is 124 Å². The molecular weight excluding hydrogens is 493 g/mol. The number of nitrogens with zero attached hydrogens (tertiary/aromatic N) is 3. The van der Waals surface area contributed by atoms with Crippen LogP contribution in [0.25, 0.3) is 32.2 Å². The van der Waals surface area contributed by atoms with Gasteiger partial charge in [-0.25, -0.2) is 4.85 Å². The summed E-state index contributed by atoms with van der Waals surface area (Å²) in [5, 5.41) is 4.14. The van der Waals surface area contributed by atoms with Crippen LogP contribution in [0.3, 0.4) is 0 Å². The van der Waals surface area contributed by atoms with E-state index in [1.807, 2.05) is 6.07 Å². The number of nitrogens with one attached hydrogen (secondary N) is 1. The van der Waals surface area contributed by atoms with Gasteiger partial charge >= 0.3 is 6.18 Å². The van der Waals surface area contributed by atoms with Crippen LogP contribution in [0.5, 0.6) is 0 Å². The Balaban J connectivity index is 1.68. The Bertz CT molecular complexity index is 1790. The van der Waals surface area contributed by atoms with E-state index in [4.69, 9.17) is 6.57 Å². The van der Waals surface area contributed by atoms with Crippen LogP contribution in [0.4, 0.5) is 18.9 Å². The molecule has 2 heterocycles. The lowest BCUT2D eigenvalue weighted by molar-refractivity contribution is -0.137. The Hall–Kier alpha value is -4.97. The summed E-state index contributed by atoms with van der Waals surface area (Å²) < 4.78 is 40.7. The van der Waals surface area contributed by atoms with E-state index < -0.39 is 17.3 Å². The minimum atomic E-state index is -4.51. The van der Waals surface area contributed by atoms with Gasteiger partial charge in [0.1, 0.15) is 0 Å². The number of fused-ring (bicyclic) bond motifs is 3. The fourth-order valence-corrected chi connectivity index (χ4v) is 4.37. The Kier molecular flexibility index (Phi) is 6.17. The molecule has 0 aliphatic carbocycles. The molecule has 0 unspecified atom stereocenters. The van der Waals surface area contributed by atoms with Crippen molar-refractivity contribution in [2.24, 2.45) is 0 Å². The number of aromatic nitrogens is 2. The van der Waals surface area contributed by atoms with Crippen molar-refractivity contribution in [1.82, 2.24) is 14.9 Å². The third kappa shape index (κ3) is 4.48. The first-order valence-electron chi connectivity index (χ1n) is 11.6. The normalized spacial score (nSPS) is 12.3. The lowest BCUT2D eigenvalue weighted by Gasteiger charge is -2.17. The molecule has 0 saturated carbocycles. The lowest BCUT2D eigenvalue weighted by atomic mass is 10.0. The fraction of sp³-hybridized carbons (Fsp3) is 0.103. The molecule has 0 fully saturated rings. The summed E-state index contributed by atoms with van der Waals surface area (Å²) in [7, 11) is 0. The van der Waals surface area contributed by atoms with Crippen LogP contribution in [0.1, 0.15) is 34.6 Å². The van der Waals surface area contributed by atoms with Crippen LogP contribution in [0.2, 0.25) is 0 Å². The monoisotopic (exact) mass is 512 g/mol. The van der Waals surface area contributed by atoms with Gasteiger partial charge in [0, 0.05) is 28.2 Å². The van der Waals surface area contributed by atoms with Gasteiger partial charge in [0.25, 0.3) is 11.5 Å². The molecular formula is C29H19F3N4O2. The highest BCUT2D eigenvalue weighted by Crippen LogP contribution is 2.32. The van der Waals surface area contributed by atoms with Gasteiger partial charge in [-0.05, 0) is 73.0 Å². The van der Waals surface area contributed by atoms with Crippen LogP contribution in [-0.2, 0) is 6.18 Å². The van der Waals surface area contributed by atoms with E-state index in [9.17, 15) is 22.8 Å². The van der Waals surface area contributed by atoms with Crippen molar-refractivity contribution in [1.29, 1.82) is 0 Å². The standard InChI is InChI=1S/C29H19F3N4O2/c1-17(25-5-3-4-14-34-25)35-27(37)18-6-13-26-24(15-18)23-16-20(33-2)9-12-22(23)28(38)36(26)21-10-7-19(8-11-21)29(30,31)32/h3-17H,1H3,(H,35,37)/t17-/m0/s1. The molecule has 0 radical (unpaired) electrons. The Morgan fingerprint density at radius 1 is 0.974 bits per heavy atom. The summed E-state index contributed by atoms with van der Waals surface area (Å²) in [6, 6.07) is 18.7. The van der Waals surface area contributed by atoms with Crippen molar-refractivity contribution in [2.45, 2.75) is 19.1 Å². The molecule has 38 heavy (non-hydrogen) atoms. The topological polar surface area (TPSA) is 68.3 Å². The first kappa shape index (κ1) is 24.7. The molecule has 0 bridgehead atoms. The zero-order valence-electron chi connectivity index (χ0n) is 20.0. The second kappa shape index (κ2) is 9.48. The molecule has 6 nitrogen and oxygen atoms in total. The average Bonchev–Trinajstić information content (AvgIpc) is 2.93. The molecule has 0 spiro atoms. The highest BCUT2D eigenvalue weighted by Gasteiger charge is 2.30. The third-order valence-corrected chi connectivity index (χ3v) is 6.29. The number of hydrogen-bond donors (Lipinski definition) is 1. The molecule has 0 aliphatic rings. The molecule has 5 aromatic rings. The number of rotatable bonds is 4. The molecule has 0 aliphatic heterocycles. The largest absolute Gasteiger partial charge is 0.416 e. The average molecular weight is 512 g/mol. The lowest BCUT2D eigenvalue weighted by Crippen LogP contribution is -2.27. The van der Waals surface area contributed by atoms with Gasteiger partial charge in [-0.3, -0.25) is 19.1 Å². The molecule has 1 atom stereocenters. The second-order valence-electron chi connectivity index (χ2n) is 8.71. The predicted molar refractivity (Wildman–Crippen MR) is 138 cm³/mol. The van der Waals surface area contributed by atoms with E-state index in [0.717, 1.165) is 12.1 Å². The molecule has 188 valence electrons. The third-order valence-electron chi connectivity index (χ3n) is 6.29. The number of carbonyl (C=O) groups excluding carboxylic acids is 1. The van der Waals surface area contributed by atoms with Gasteiger partial charge in [-0.15, -0.1) is 0 Å². The van der Waals surface area contributed by atoms with Gasteiger partial charge < -0.3 is 5.32 Å². The van der Waals surface area contributed by atoms with E-state index >= 15 is 0 Å². The quantitative estimate of drug-likeness (QED) is 0.218. The van der Waals surface area contributed by atoms with E-state index in [-0.39, 0.29) is 23.0 Å². The van der Waals surface area contributed by atoms with Crippen LogP contribution in [0.15, 0.2) is 89.9 Å². The van der Waals surface area contributed by atoms with Crippen molar-refractivity contribution in [3.63, 3.8) is 0 Å². The summed E-state index contributed by atoms with van der Waals surface area (Å²) in [6.45, 7) is 9.18. The maximum atomic E-state index is 13.5. The summed E-state index contributed by atoms with van der Waals surface area (Å²) in [6.07, 6.45) is -2.88. The smallest absolute Gasteiger partial charge is 0.344 e. The van der Waals surface area contributed by atoms with Gasteiger partial charge in [0.05, 0.1) is 29.4 Å². The Morgan fingerprint density at radius 3 is 2.39 bits per heavy atom. The Morgan fingerprint density at radius 2 is 1.74 bits per heavy atom. The molecule has 1 N–H and O–H groups in total. The van der Waals surface area contributed by atoms with Crippen molar-refractivity contribution in [3.8, 4) is 5.69 Å². The maximum Gasteiger partial charge on any atom is 0.416 e. The minimum absolute atomic E-state index is 0.241. The Labute approximate surface area is 214 Å². The first-order valence-corrected chi connectivity index (χ1v) is 11.6. The van der Waals surface area contributed by atoms with Gasteiger partial charge in [0.2, 0.25) is 0 Å². The van der Waals surface area contributed by atoms with E-state index in [0.29, 0.717) is 33.2 Å². The first-order chi connectivity index (χ1) is 18.2. The molecule has 0 saturated heterocycles. The van der Waals surface area contributed by atoms with E-state index in [1.54, 1.807) is 49.5 Å². The maximum absolute atomic E-state index is 13.5. The summed E-state index contributed by atoms with van der Waals surface area (Å²) >= 11 is 0. The fourth-order valence-electron chi connectivity index (χ4n) is 4.37. The molecule has 5 rings (SSSR count). The number of halogens is 3. The molecule has 3 aromatic carbocycles. The van der Waals surface area contributed by atoms with Crippen molar-refractivity contribution in [2.75, 3.05) is 0 Å². The van der Waals surface area contributed by atoms with Crippen molar-refractivity contribution < 1.29 is 18.0 Å². The van der Waals surface area contributed by atoms with Gasteiger partial charge in [-0.1, -0.05) is 18.2 Å². The summed E-state index contributed by atoms with van der Waals surface area (Å²) in [5.74, 6) is -0.369. The van der Waals surface area contributed by atoms with Crippen LogP contribution in [-0.4, -0.2) is 15.5 Å². The molecule has 1 amide bonds. The second-order valence-corrected chi connectivity index (χ2v) is 8.71. The van der Waals surface area contributed by atoms with Crippen LogP contribution in [0, 0.1) is 6.57 Å². The molecule has 2 aromatic heterocycles. The number of benzene rings is 3. The summed E-state index contributed by atoms with van der Waals surface area (Å²) in [5.41, 5.74) is 0.650. The molecule has 9 heteroatoms. The SMILES string of the molecule is [C-]#[N+]c1ccc2c(=O)n(-c3ccc(C(F)(F)F)cc3)c3ccc(C(=O)N[C@@H](C)c4ccccn4)cc3c2c1. The van der Waals surface area contributed by atoms with Gasteiger partial charge in [0.15, 0.2) is 5.69 Å². The van der Waals surface area contributed by atoms with E-state index in [1.165, 1.54) is 28.8 Å². The minimum Gasteiger partial charge on any atom is -0.344 e. The van der Waals surface area contributed by atoms with Gasteiger partial charge in [-0.2, -0.15) is 13.2 Å². The number of amides is 1. The zero-order chi connectivity index (χ0) is 27.0. The van der Waals surface area contributed by atoms with Crippen LogP contribution >= 0.6 is 0 Å². The van der Waals surface area contributed by atoms with Crippen LogP contribution < -0.4 is 10.9 Å². The zero-order valence-corrected chi connectivity index (χ0v) is 20.0. The van der Waals surface area contributed by atoms with Crippen molar-refractivity contribution >= 4 is 33.3 Å². The number of alkyl halides is 3. The highest BCUT2D eigenvalue weighted by atomic mass is 19.4. The number of hydrogen-bond acceptors (Lipinski definition) is 3. The highest BCUT2D eigenvalue weighted by molar-refractivity contribution is 6.10. The van der Waals surface area contributed by atoms with E-state index in [2.05, 4.69) is 15.1 Å². The predicted octanol–water partition coefficient (Wildman–Crippen LogP) is 6.60. The number of pyridine rings is 2. The number of carbonyl (C=O) groups is 1. The summed E-state index contributed by atoms with van der Waals surface area (Å²) in [4.78, 5) is 34.4.